The van der Waals surface area contributed by atoms with Crippen LogP contribution in [0, 0.1) is 11.8 Å². The molecule has 2 aromatic rings. The third kappa shape index (κ3) is 3.85. The second-order valence-electron chi connectivity index (χ2n) is 5.61. The molecule has 1 aromatic carbocycles. The molecule has 0 spiro atoms. The van der Waals surface area contributed by atoms with Crippen molar-refractivity contribution in [2.24, 2.45) is 11.8 Å². The number of fused-ring (bicyclic) bond motifs is 1. The summed E-state index contributed by atoms with van der Waals surface area (Å²) in [6.07, 6.45) is 0.433. The van der Waals surface area contributed by atoms with E-state index in [1.165, 1.54) is 11.3 Å². The Balaban J connectivity index is 2.19. The maximum atomic E-state index is 12.4. The first-order chi connectivity index (χ1) is 10.3. The molecule has 22 heavy (non-hydrogen) atoms. The van der Waals surface area contributed by atoms with Gasteiger partial charge in [0.1, 0.15) is 4.90 Å². The average molecular weight is 341 g/mol. The van der Waals surface area contributed by atoms with Crippen LogP contribution in [0.1, 0.15) is 20.3 Å². The van der Waals surface area contributed by atoms with Gasteiger partial charge in [-0.25, -0.2) is 13.1 Å². The van der Waals surface area contributed by atoms with Crippen molar-refractivity contribution in [2.45, 2.75) is 25.2 Å². The predicted molar refractivity (Wildman–Crippen MR) is 87.6 cm³/mol. The van der Waals surface area contributed by atoms with E-state index in [2.05, 4.69) is 4.72 Å². The molecule has 0 radical (unpaired) electrons. The van der Waals surface area contributed by atoms with Gasteiger partial charge in [0.05, 0.1) is 5.92 Å². The van der Waals surface area contributed by atoms with Gasteiger partial charge in [0, 0.05) is 22.0 Å². The highest BCUT2D eigenvalue weighted by atomic mass is 32.2. The molecule has 0 fully saturated rings. The monoisotopic (exact) mass is 341 g/mol. The van der Waals surface area contributed by atoms with Gasteiger partial charge in [-0.05, 0) is 18.4 Å². The topological polar surface area (TPSA) is 83.5 Å². The van der Waals surface area contributed by atoms with Crippen LogP contribution in [-0.2, 0) is 14.8 Å². The van der Waals surface area contributed by atoms with E-state index in [-0.39, 0.29) is 17.4 Å². The maximum absolute atomic E-state index is 12.4. The zero-order valence-corrected chi connectivity index (χ0v) is 14.1. The minimum Gasteiger partial charge on any atom is -0.481 e. The molecule has 0 bridgehead atoms. The number of sulfonamides is 1. The number of nitrogens with one attached hydrogen (secondary N) is 1. The second-order valence-corrected chi connectivity index (χ2v) is 8.26. The van der Waals surface area contributed by atoms with Crippen LogP contribution in [0.25, 0.3) is 10.1 Å². The summed E-state index contributed by atoms with van der Waals surface area (Å²) in [6, 6.07) is 7.25. The zero-order chi connectivity index (χ0) is 16.3. The van der Waals surface area contributed by atoms with Crippen LogP contribution in [0.4, 0.5) is 0 Å². The molecule has 2 N–H and O–H groups in total. The number of carboxylic acids is 1. The maximum Gasteiger partial charge on any atom is 0.307 e. The third-order valence-electron chi connectivity index (χ3n) is 3.36. The molecule has 1 aromatic heterocycles. The minimum atomic E-state index is -3.71. The number of thiophene rings is 1. The van der Waals surface area contributed by atoms with E-state index >= 15 is 0 Å². The molecule has 1 atom stereocenters. The van der Waals surface area contributed by atoms with Crippen molar-refractivity contribution in [3.05, 3.63) is 29.6 Å². The Morgan fingerprint density at radius 3 is 2.64 bits per heavy atom. The van der Waals surface area contributed by atoms with Crippen LogP contribution < -0.4 is 4.72 Å². The zero-order valence-electron chi connectivity index (χ0n) is 12.4. The molecule has 7 heteroatoms. The molecule has 5 nitrogen and oxygen atoms in total. The van der Waals surface area contributed by atoms with Gasteiger partial charge in [-0.1, -0.05) is 32.0 Å². The van der Waals surface area contributed by atoms with E-state index in [1.807, 2.05) is 26.0 Å². The molecule has 0 saturated heterocycles. The molecule has 120 valence electrons. The molecule has 0 saturated carbocycles. The first-order valence-corrected chi connectivity index (χ1v) is 9.36. The van der Waals surface area contributed by atoms with Crippen LogP contribution in [0.3, 0.4) is 0 Å². The first kappa shape index (κ1) is 16.9. The normalized spacial score (nSPS) is 13.6. The van der Waals surface area contributed by atoms with E-state index in [4.69, 9.17) is 0 Å². The molecule has 1 heterocycles. The van der Waals surface area contributed by atoms with E-state index in [0.717, 1.165) is 4.70 Å². The lowest BCUT2D eigenvalue weighted by Gasteiger charge is -2.15. The summed E-state index contributed by atoms with van der Waals surface area (Å²) < 4.78 is 28.2. The van der Waals surface area contributed by atoms with Crippen LogP contribution >= 0.6 is 11.3 Å². The van der Waals surface area contributed by atoms with Gasteiger partial charge in [-0.3, -0.25) is 4.79 Å². The van der Waals surface area contributed by atoms with Crippen molar-refractivity contribution >= 4 is 37.4 Å². The van der Waals surface area contributed by atoms with Crippen LogP contribution in [-0.4, -0.2) is 26.0 Å². The Kier molecular flexibility index (Phi) is 5.20. The van der Waals surface area contributed by atoms with E-state index in [1.54, 1.807) is 17.5 Å². The van der Waals surface area contributed by atoms with Crippen molar-refractivity contribution in [3.63, 3.8) is 0 Å². The van der Waals surface area contributed by atoms with Crippen molar-refractivity contribution in [1.82, 2.24) is 4.72 Å². The van der Waals surface area contributed by atoms with Gasteiger partial charge in [0.2, 0.25) is 10.0 Å². The number of carbonyl (C=O) groups is 1. The van der Waals surface area contributed by atoms with Crippen LogP contribution in [0.5, 0.6) is 0 Å². The summed E-state index contributed by atoms with van der Waals surface area (Å²) in [5, 5.41) is 11.4. The summed E-state index contributed by atoms with van der Waals surface area (Å²) in [7, 11) is -3.71. The van der Waals surface area contributed by atoms with Gasteiger partial charge in [-0.2, -0.15) is 0 Å². The molecule has 0 aliphatic heterocycles. The molecular weight excluding hydrogens is 322 g/mol. The lowest BCUT2D eigenvalue weighted by atomic mass is 9.98. The van der Waals surface area contributed by atoms with Gasteiger partial charge < -0.3 is 5.11 Å². The summed E-state index contributed by atoms with van der Waals surface area (Å²) in [6.45, 7) is 3.73. The number of rotatable bonds is 7. The van der Waals surface area contributed by atoms with Gasteiger partial charge in [0.15, 0.2) is 0 Å². The third-order valence-corrected chi connectivity index (χ3v) is 5.94. The van der Waals surface area contributed by atoms with Gasteiger partial charge in [0.25, 0.3) is 0 Å². The summed E-state index contributed by atoms with van der Waals surface area (Å²) in [5.41, 5.74) is 0. The molecule has 0 amide bonds. The molecule has 1 unspecified atom stereocenters. The largest absolute Gasteiger partial charge is 0.481 e. The summed E-state index contributed by atoms with van der Waals surface area (Å²) >= 11 is 1.36. The van der Waals surface area contributed by atoms with E-state index < -0.39 is 21.9 Å². The second kappa shape index (κ2) is 6.76. The Bertz CT molecular complexity index is 765. The van der Waals surface area contributed by atoms with Crippen molar-refractivity contribution in [1.29, 1.82) is 0 Å². The predicted octanol–water partition coefficient (Wildman–Crippen LogP) is 2.93. The summed E-state index contributed by atoms with van der Waals surface area (Å²) in [5.74, 6) is -1.51. The van der Waals surface area contributed by atoms with E-state index in [0.29, 0.717) is 11.8 Å². The van der Waals surface area contributed by atoms with Gasteiger partial charge in [-0.15, -0.1) is 11.3 Å². The van der Waals surface area contributed by atoms with E-state index in [9.17, 15) is 18.3 Å². The fourth-order valence-corrected chi connectivity index (χ4v) is 4.87. The number of aliphatic carboxylic acids is 1. The van der Waals surface area contributed by atoms with Crippen molar-refractivity contribution in [3.8, 4) is 0 Å². The van der Waals surface area contributed by atoms with Crippen molar-refractivity contribution in [2.75, 3.05) is 6.54 Å². The molecule has 2 rings (SSSR count). The summed E-state index contributed by atoms with van der Waals surface area (Å²) in [4.78, 5) is 11.4. The fraction of sp³-hybridized carbons (Fsp3) is 0.400. The Hall–Kier alpha value is -1.44. The van der Waals surface area contributed by atoms with Crippen LogP contribution in [0.15, 0.2) is 34.5 Å². The lowest BCUT2D eigenvalue weighted by molar-refractivity contribution is -0.142. The Morgan fingerprint density at radius 2 is 2.00 bits per heavy atom. The SMILES string of the molecule is CC(C)CC(CNS(=O)(=O)c1csc2ccccc12)C(=O)O. The highest BCUT2D eigenvalue weighted by molar-refractivity contribution is 7.90. The molecular formula is C15H19NO4S2. The number of benzene rings is 1. The van der Waals surface area contributed by atoms with Gasteiger partial charge >= 0.3 is 5.97 Å². The highest BCUT2D eigenvalue weighted by Gasteiger charge is 2.24. The van der Waals surface area contributed by atoms with Crippen LogP contribution in [0.2, 0.25) is 0 Å². The number of hydrogen-bond donors (Lipinski definition) is 2. The standard InChI is InChI=1S/C15H19NO4S2/c1-10(2)7-11(15(17)18)8-16-22(19,20)14-9-21-13-6-4-3-5-12(13)14/h3-6,9-11,16H,7-8H2,1-2H3,(H,17,18). The quantitative estimate of drug-likeness (QED) is 0.811. The fourth-order valence-electron chi connectivity index (χ4n) is 2.29. The average Bonchev–Trinajstić information content (AvgIpc) is 2.87. The molecule has 0 aliphatic rings. The smallest absolute Gasteiger partial charge is 0.307 e. The first-order valence-electron chi connectivity index (χ1n) is 7.00. The molecule has 0 aliphatic carbocycles. The minimum absolute atomic E-state index is 0.0972. The lowest BCUT2D eigenvalue weighted by Crippen LogP contribution is -2.33. The van der Waals surface area contributed by atoms with Crippen molar-refractivity contribution < 1.29 is 18.3 Å². The Labute approximate surface area is 134 Å². The number of hydrogen-bond acceptors (Lipinski definition) is 4. The number of carboxylic acid groups (broad SMARTS) is 1. The highest BCUT2D eigenvalue weighted by Crippen LogP contribution is 2.29. The Morgan fingerprint density at radius 1 is 1.32 bits per heavy atom.